The van der Waals surface area contributed by atoms with E-state index < -0.39 is 0 Å². The third kappa shape index (κ3) is 3.02. The first kappa shape index (κ1) is 13.6. The van der Waals surface area contributed by atoms with E-state index >= 15 is 0 Å². The molecule has 0 radical (unpaired) electrons. The van der Waals surface area contributed by atoms with Gasteiger partial charge in [0.15, 0.2) is 0 Å². The Morgan fingerprint density at radius 2 is 2.30 bits per heavy atom. The Hall–Kier alpha value is -1.39. The van der Waals surface area contributed by atoms with Crippen molar-refractivity contribution in [3.8, 4) is 0 Å². The Bertz CT molecular complexity index is 469. The quantitative estimate of drug-likeness (QED) is 0.832. The highest BCUT2D eigenvalue weighted by molar-refractivity contribution is 5.95. The van der Waals surface area contributed by atoms with Crippen molar-refractivity contribution in [2.75, 3.05) is 31.1 Å². The second kappa shape index (κ2) is 6.37. The molecule has 2 heterocycles. The van der Waals surface area contributed by atoms with Crippen LogP contribution in [0.5, 0.6) is 0 Å². The topological polar surface area (TPSA) is 41.6 Å². The molecule has 1 saturated heterocycles. The highest BCUT2D eigenvalue weighted by Crippen LogP contribution is 2.27. The lowest BCUT2D eigenvalue weighted by Crippen LogP contribution is -2.33. The molecule has 4 heteroatoms. The second-order valence-corrected chi connectivity index (χ2v) is 5.51. The third-order valence-corrected chi connectivity index (χ3v) is 4.10. The lowest BCUT2D eigenvalue weighted by Gasteiger charge is -2.18. The first-order chi connectivity index (χ1) is 9.84. The van der Waals surface area contributed by atoms with Crippen LogP contribution in [0.4, 0.5) is 5.69 Å². The Kier molecular flexibility index (Phi) is 4.33. The van der Waals surface area contributed by atoms with Crippen LogP contribution in [0.2, 0.25) is 0 Å². The summed E-state index contributed by atoms with van der Waals surface area (Å²) in [4.78, 5) is 14.2. The molecule has 1 N–H and O–H groups in total. The van der Waals surface area contributed by atoms with Gasteiger partial charge in [-0.3, -0.25) is 4.79 Å². The Labute approximate surface area is 120 Å². The maximum absolute atomic E-state index is 12.3. The van der Waals surface area contributed by atoms with E-state index in [0.29, 0.717) is 12.5 Å². The molecule has 4 nitrogen and oxygen atoms in total. The van der Waals surface area contributed by atoms with Crippen LogP contribution in [0.25, 0.3) is 0 Å². The van der Waals surface area contributed by atoms with Gasteiger partial charge in [0.2, 0.25) is 5.91 Å². The van der Waals surface area contributed by atoms with Crippen LogP contribution in [0.15, 0.2) is 24.3 Å². The van der Waals surface area contributed by atoms with Crippen molar-refractivity contribution in [1.82, 2.24) is 5.32 Å². The molecular weight excluding hydrogens is 252 g/mol. The number of carbonyl (C=O) groups excluding carboxylic acids is 1. The molecule has 108 valence electrons. The molecule has 2 aliphatic heterocycles. The summed E-state index contributed by atoms with van der Waals surface area (Å²) >= 11 is 0. The third-order valence-electron chi connectivity index (χ3n) is 4.10. The standard InChI is InChI=1S/C16H22N2O2/c19-16(7-9-17-12-14-5-3-11-20-14)18-10-8-13-4-1-2-6-15(13)18/h1-2,4,6,14,17H,3,5,7-12H2. The van der Waals surface area contributed by atoms with Crippen LogP contribution >= 0.6 is 0 Å². The molecule has 2 aliphatic rings. The summed E-state index contributed by atoms with van der Waals surface area (Å²) in [5, 5.41) is 3.33. The molecule has 1 amide bonds. The molecule has 0 aromatic heterocycles. The summed E-state index contributed by atoms with van der Waals surface area (Å²) in [5.74, 6) is 0.217. The Balaban J connectivity index is 1.43. The van der Waals surface area contributed by atoms with E-state index in [1.807, 2.05) is 23.1 Å². The summed E-state index contributed by atoms with van der Waals surface area (Å²) in [6.07, 6.45) is 4.18. The summed E-state index contributed by atoms with van der Waals surface area (Å²) in [6, 6.07) is 8.19. The van der Waals surface area contributed by atoms with E-state index in [-0.39, 0.29) is 5.91 Å². The predicted octanol–water partition coefficient (Wildman–Crippen LogP) is 1.73. The first-order valence-electron chi connectivity index (χ1n) is 7.55. The maximum atomic E-state index is 12.3. The van der Waals surface area contributed by atoms with Gasteiger partial charge in [0.05, 0.1) is 6.10 Å². The van der Waals surface area contributed by atoms with E-state index in [2.05, 4.69) is 11.4 Å². The number of rotatable bonds is 5. The van der Waals surface area contributed by atoms with Gasteiger partial charge in [-0.15, -0.1) is 0 Å². The van der Waals surface area contributed by atoms with Gasteiger partial charge in [-0.1, -0.05) is 18.2 Å². The fourth-order valence-electron chi connectivity index (χ4n) is 3.00. The van der Waals surface area contributed by atoms with Crippen LogP contribution in [0, 0.1) is 0 Å². The van der Waals surface area contributed by atoms with E-state index in [9.17, 15) is 4.79 Å². The fraction of sp³-hybridized carbons (Fsp3) is 0.562. The number of hydrogen-bond donors (Lipinski definition) is 1. The van der Waals surface area contributed by atoms with Gasteiger partial charge < -0.3 is 15.0 Å². The van der Waals surface area contributed by atoms with E-state index in [1.54, 1.807) is 0 Å². The molecule has 0 aliphatic carbocycles. The van der Waals surface area contributed by atoms with Gasteiger partial charge in [-0.25, -0.2) is 0 Å². The van der Waals surface area contributed by atoms with E-state index in [0.717, 1.165) is 51.2 Å². The first-order valence-corrected chi connectivity index (χ1v) is 7.55. The maximum Gasteiger partial charge on any atom is 0.228 e. The smallest absolute Gasteiger partial charge is 0.228 e. The average Bonchev–Trinajstić information content (AvgIpc) is 3.12. The van der Waals surface area contributed by atoms with Crippen LogP contribution in [-0.4, -0.2) is 38.3 Å². The summed E-state index contributed by atoms with van der Waals surface area (Å²) in [6.45, 7) is 3.31. The lowest BCUT2D eigenvalue weighted by atomic mass is 10.2. The van der Waals surface area contributed by atoms with E-state index in [4.69, 9.17) is 4.74 Å². The number of ether oxygens (including phenoxy) is 1. The Morgan fingerprint density at radius 3 is 3.15 bits per heavy atom. The fourth-order valence-corrected chi connectivity index (χ4v) is 3.00. The lowest BCUT2D eigenvalue weighted by molar-refractivity contribution is -0.118. The van der Waals surface area contributed by atoms with Crippen molar-refractivity contribution in [2.24, 2.45) is 0 Å². The van der Waals surface area contributed by atoms with Gasteiger partial charge >= 0.3 is 0 Å². The van der Waals surface area contributed by atoms with Gasteiger partial charge in [-0.2, -0.15) is 0 Å². The molecule has 0 spiro atoms. The highest BCUT2D eigenvalue weighted by Gasteiger charge is 2.23. The van der Waals surface area contributed by atoms with Gasteiger partial charge in [0, 0.05) is 38.3 Å². The minimum Gasteiger partial charge on any atom is -0.377 e. The molecule has 0 bridgehead atoms. The molecule has 1 fully saturated rings. The van der Waals surface area contributed by atoms with Crippen molar-refractivity contribution in [2.45, 2.75) is 31.8 Å². The van der Waals surface area contributed by atoms with Crippen LogP contribution < -0.4 is 10.2 Å². The van der Waals surface area contributed by atoms with Crippen molar-refractivity contribution < 1.29 is 9.53 Å². The zero-order valence-electron chi connectivity index (χ0n) is 11.8. The molecule has 1 aromatic carbocycles. The molecule has 1 atom stereocenters. The largest absolute Gasteiger partial charge is 0.377 e. The molecule has 1 unspecified atom stereocenters. The van der Waals surface area contributed by atoms with Gasteiger partial charge in [-0.05, 0) is 30.9 Å². The number of carbonyl (C=O) groups is 1. The SMILES string of the molecule is O=C(CCNCC1CCCO1)N1CCc2ccccc21. The van der Waals surface area contributed by atoms with Crippen LogP contribution in [0.3, 0.4) is 0 Å². The predicted molar refractivity (Wildman–Crippen MR) is 79.0 cm³/mol. The molecule has 1 aromatic rings. The van der Waals surface area contributed by atoms with Crippen molar-refractivity contribution in [3.05, 3.63) is 29.8 Å². The number of fused-ring (bicyclic) bond motifs is 1. The number of nitrogens with one attached hydrogen (secondary N) is 1. The number of nitrogens with zero attached hydrogens (tertiary/aromatic N) is 1. The molecule has 3 rings (SSSR count). The second-order valence-electron chi connectivity index (χ2n) is 5.51. The monoisotopic (exact) mass is 274 g/mol. The zero-order valence-corrected chi connectivity index (χ0v) is 11.8. The summed E-state index contributed by atoms with van der Waals surface area (Å²) in [7, 11) is 0. The number of hydrogen-bond acceptors (Lipinski definition) is 3. The number of benzene rings is 1. The van der Waals surface area contributed by atoms with E-state index in [1.165, 1.54) is 5.56 Å². The normalized spacial score (nSPS) is 21.2. The van der Waals surface area contributed by atoms with Crippen LogP contribution in [-0.2, 0) is 16.0 Å². The van der Waals surface area contributed by atoms with Crippen molar-refractivity contribution in [3.63, 3.8) is 0 Å². The summed E-state index contributed by atoms with van der Waals surface area (Å²) < 4.78 is 5.55. The molecule has 20 heavy (non-hydrogen) atoms. The molecular formula is C16H22N2O2. The minimum absolute atomic E-state index is 0.217. The van der Waals surface area contributed by atoms with Crippen LogP contribution in [0.1, 0.15) is 24.8 Å². The van der Waals surface area contributed by atoms with Crippen molar-refractivity contribution >= 4 is 11.6 Å². The zero-order chi connectivity index (χ0) is 13.8. The van der Waals surface area contributed by atoms with Crippen molar-refractivity contribution in [1.29, 1.82) is 0 Å². The number of anilines is 1. The summed E-state index contributed by atoms with van der Waals surface area (Å²) in [5.41, 5.74) is 2.38. The van der Waals surface area contributed by atoms with Gasteiger partial charge in [0.25, 0.3) is 0 Å². The average molecular weight is 274 g/mol. The minimum atomic E-state index is 0.217. The van der Waals surface area contributed by atoms with Gasteiger partial charge in [0.1, 0.15) is 0 Å². The molecule has 0 saturated carbocycles. The number of amides is 1. The highest BCUT2D eigenvalue weighted by atomic mass is 16.5. The number of para-hydroxylation sites is 1. The Morgan fingerprint density at radius 1 is 1.40 bits per heavy atom.